The predicted molar refractivity (Wildman–Crippen MR) is 65.5 cm³/mol. The second-order valence-electron chi connectivity index (χ2n) is 4.15. The molecule has 0 aliphatic heterocycles. The molecule has 0 radical (unpaired) electrons. The van der Waals surface area contributed by atoms with E-state index in [2.05, 4.69) is 5.16 Å². The van der Waals surface area contributed by atoms with Crippen molar-refractivity contribution in [2.45, 2.75) is 19.9 Å². The van der Waals surface area contributed by atoms with Crippen LogP contribution < -0.4 is 5.73 Å². The maximum Gasteiger partial charge on any atom is 0.140 e. The van der Waals surface area contributed by atoms with Crippen LogP contribution in [-0.2, 0) is 6.54 Å². The number of oxime groups is 1. The van der Waals surface area contributed by atoms with Crippen molar-refractivity contribution >= 4 is 5.84 Å². The average Bonchev–Trinajstić information content (AvgIpc) is 2.30. The van der Waals surface area contributed by atoms with Crippen LogP contribution in [0.15, 0.2) is 23.4 Å². The maximum absolute atomic E-state index is 13.1. The molecule has 0 atom stereocenters. The number of halogens is 1. The fraction of sp³-hybridized carbons (Fsp3) is 0.417. The summed E-state index contributed by atoms with van der Waals surface area (Å²) >= 11 is 0. The molecule has 0 aromatic heterocycles. The van der Waals surface area contributed by atoms with Crippen molar-refractivity contribution in [2.24, 2.45) is 10.9 Å². The third kappa shape index (κ3) is 4.40. The standard InChI is InChI=1S/C12H18FN3O/c1-9-3-4-11(13)7-10(9)8-16(2)6-5-12(14)15-17/h3-4,7,17H,5-6,8H2,1-2H3,(H2,14,15). The van der Waals surface area contributed by atoms with Gasteiger partial charge in [0, 0.05) is 19.5 Å². The zero-order valence-electron chi connectivity index (χ0n) is 10.2. The monoisotopic (exact) mass is 239 g/mol. The summed E-state index contributed by atoms with van der Waals surface area (Å²) in [5, 5.41) is 11.3. The minimum atomic E-state index is -0.226. The van der Waals surface area contributed by atoms with E-state index in [1.807, 2.05) is 18.9 Å². The van der Waals surface area contributed by atoms with Gasteiger partial charge in [-0.25, -0.2) is 4.39 Å². The molecule has 0 fully saturated rings. The highest BCUT2D eigenvalue weighted by Crippen LogP contribution is 2.12. The van der Waals surface area contributed by atoms with E-state index >= 15 is 0 Å². The fourth-order valence-electron chi connectivity index (χ4n) is 1.54. The summed E-state index contributed by atoms with van der Waals surface area (Å²) in [7, 11) is 1.91. The number of benzene rings is 1. The van der Waals surface area contributed by atoms with Crippen molar-refractivity contribution in [2.75, 3.05) is 13.6 Å². The molecule has 1 aromatic carbocycles. The van der Waals surface area contributed by atoms with Crippen LogP contribution in [-0.4, -0.2) is 29.5 Å². The Kier molecular flexibility index (Phi) is 4.90. The van der Waals surface area contributed by atoms with Gasteiger partial charge in [0.1, 0.15) is 11.7 Å². The molecule has 4 nitrogen and oxygen atoms in total. The van der Waals surface area contributed by atoms with Gasteiger partial charge >= 0.3 is 0 Å². The van der Waals surface area contributed by atoms with E-state index in [4.69, 9.17) is 10.9 Å². The van der Waals surface area contributed by atoms with Gasteiger partial charge in [0.2, 0.25) is 0 Å². The quantitative estimate of drug-likeness (QED) is 0.356. The van der Waals surface area contributed by atoms with Crippen molar-refractivity contribution in [3.05, 3.63) is 35.1 Å². The summed E-state index contributed by atoms with van der Waals surface area (Å²) in [6.45, 7) is 3.25. The normalized spacial score (nSPS) is 12.1. The first kappa shape index (κ1) is 13.4. The van der Waals surface area contributed by atoms with Gasteiger partial charge in [0.25, 0.3) is 0 Å². The van der Waals surface area contributed by atoms with E-state index in [1.54, 1.807) is 6.07 Å². The van der Waals surface area contributed by atoms with E-state index < -0.39 is 0 Å². The van der Waals surface area contributed by atoms with E-state index in [9.17, 15) is 4.39 Å². The minimum absolute atomic E-state index is 0.202. The zero-order valence-corrected chi connectivity index (χ0v) is 10.2. The Balaban J connectivity index is 2.55. The maximum atomic E-state index is 13.1. The van der Waals surface area contributed by atoms with Gasteiger partial charge in [-0.1, -0.05) is 11.2 Å². The Morgan fingerprint density at radius 2 is 2.24 bits per heavy atom. The number of rotatable bonds is 5. The van der Waals surface area contributed by atoms with Crippen molar-refractivity contribution in [1.82, 2.24) is 4.90 Å². The van der Waals surface area contributed by atoms with Gasteiger partial charge in [-0.15, -0.1) is 0 Å². The van der Waals surface area contributed by atoms with Crippen LogP contribution in [0.4, 0.5) is 4.39 Å². The lowest BCUT2D eigenvalue weighted by atomic mass is 10.1. The average molecular weight is 239 g/mol. The zero-order chi connectivity index (χ0) is 12.8. The number of nitrogens with two attached hydrogens (primary N) is 1. The van der Waals surface area contributed by atoms with Gasteiger partial charge in [-0.2, -0.15) is 0 Å². The number of hydrogen-bond acceptors (Lipinski definition) is 3. The Labute approximate surface area is 101 Å². The predicted octanol–water partition coefficient (Wildman–Crippen LogP) is 1.70. The summed E-state index contributed by atoms with van der Waals surface area (Å²) in [5.74, 6) is -0.0248. The first-order chi connectivity index (χ1) is 8.02. The molecule has 1 rings (SSSR count). The molecular formula is C12H18FN3O. The molecule has 0 unspecified atom stereocenters. The number of hydrogen-bond donors (Lipinski definition) is 2. The molecule has 0 saturated heterocycles. The molecule has 0 aliphatic carbocycles. The van der Waals surface area contributed by atoms with Crippen molar-refractivity contribution in [3.8, 4) is 0 Å². The number of amidine groups is 1. The lowest BCUT2D eigenvalue weighted by molar-refractivity contribution is 0.309. The third-order valence-corrected chi connectivity index (χ3v) is 2.63. The second-order valence-corrected chi connectivity index (χ2v) is 4.15. The molecule has 0 spiro atoms. The van der Waals surface area contributed by atoms with Crippen molar-refractivity contribution in [3.63, 3.8) is 0 Å². The highest BCUT2D eigenvalue weighted by molar-refractivity contribution is 5.79. The van der Waals surface area contributed by atoms with Gasteiger partial charge < -0.3 is 15.8 Å². The summed E-state index contributed by atoms with van der Waals surface area (Å²) in [6.07, 6.45) is 0.487. The topological polar surface area (TPSA) is 61.8 Å². The summed E-state index contributed by atoms with van der Waals surface area (Å²) in [6, 6.07) is 4.76. The molecule has 0 amide bonds. The van der Waals surface area contributed by atoms with E-state index in [-0.39, 0.29) is 11.7 Å². The molecular weight excluding hydrogens is 221 g/mol. The smallest absolute Gasteiger partial charge is 0.140 e. The van der Waals surface area contributed by atoms with Crippen LogP contribution in [0.25, 0.3) is 0 Å². The molecule has 94 valence electrons. The summed E-state index contributed by atoms with van der Waals surface area (Å²) in [5.41, 5.74) is 7.39. The van der Waals surface area contributed by atoms with Crippen LogP contribution in [0, 0.1) is 12.7 Å². The molecule has 0 aliphatic rings. The number of aryl methyl sites for hydroxylation is 1. The first-order valence-electron chi connectivity index (χ1n) is 5.43. The van der Waals surface area contributed by atoms with Crippen LogP contribution in [0.5, 0.6) is 0 Å². The molecule has 3 N–H and O–H groups in total. The van der Waals surface area contributed by atoms with Crippen LogP contribution in [0.3, 0.4) is 0 Å². The second kappa shape index (κ2) is 6.20. The Morgan fingerprint density at radius 3 is 2.88 bits per heavy atom. The molecule has 0 saturated carbocycles. The van der Waals surface area contributed by atoms with Crippen molar-refractivity contribution in [1.29, 1.82) is 0 Å². The molecule has 5 heteroatoms. The lowest BCUT2D eigenvalue weighted by Gasteiger charge is -2.17. The molecule has 1 aromatic rings. The van der Waals surface area contributed by atoms with Gasteiger partial charge in [-0.3, -0.25) is 0 Å². The minimum Gasteiger partial charge on any atom is -0.409 e. The highest BCUT2D eigenvalue weighted by atomic mass is 19.1. The largest absolute Gasteiger partial charge is 0.409 e. The van der Waals surface area contributed by atoms with Gasteiger partial charge in [-0.05, 0) is 37.2 Å². The van der Waals surface area contributed by atoms with Crippen LogP contribution in [0.2, 0.25) is 0 Å². The summed E-state index contributed by atoms with van der Waals surface area (Å²) in [4.78, 5) is 2.00. The third-order valence-electron chi connectivity index (χ3n) is 2.63. The Bertz CT molecular complexity index is 407. The summed E-state index contributed by atoms with van der Waals surface area (Å²) < 4.78 is 13.1. The van der Waals surface area contributed by atoms with Gasteiger partial charge in [0.05, 0.1) is 0 Å². The van der Waals surface area contributed by atoms with Crippen LogP contribution in [0.1, 0.15) is 17.5 Å². The van der Waals surface area contributed by atoms with Crippen molar-refractivity contribution < 1.29 is 9.60 Å². The Hall–Kier alpha value is -1.62. The van der Waals surface area contributed by atoms with E-state index in [1.165, 1.54) is 12.1 Å². The number of nitrogens with zero attached hydrogens (tertiary/aromatic N) is 2. The Morgan fingerprint density at radius 1 is 1.53 bits per heavy atom. The molecule has 17 heavy (non-hydrogen) atoms. The SMILES string of the molecule is Cc1ccc(F)cc1CN(C)CC/C(N)=N/O. The molecule has 0 bridgehead atoms. The highest BCUT2D eigenvalue weighted by Gasteiger charge is 2.05. The molecule has 0 heterocycles. The van der Waals surface area contributed by atoms with Crippen LogP contribution >= 0.6 is 0 Å². The lowest BCUT2D eigenvalue weighted by Crippen LogP contribution is -2.24. The van der Waals surface area contributed by atoms with E-state index in [0.717, 1.165) is 11.1 Å². The van der Waals surface area contributed by atoms with E-state index in [0.29, 0.717) is 19.5 Å². The van der Waals surface area contributed by atoms with Gasteiger partial charge in [0.15, 0.2) is 0 Å². The fourth-order valence-corrected chi connectivity index (χ4v) is 1.54. The first-order valence-corrected chi connectivity index (χ1v) is 5.43.